The molecule has 20 heavy (non-hydrogen) atoms. The summed E-state index contributed by atoms with van der Waals surface area (Å²) in [5.74, 6) is -0.0965. The molecular formula is C13H10BrN3O2S. The van der Waals surface area contributed by atoms with Crippen LogP contribution in [0.15, 0.2) is 53.4 Å². The second kappa shape index (κ2) is 4.99. The summed E-state index contributed by atoms with van der Waals surface area (Å²) in [6.45, 7) is 0. The Morgan fingerprint density at radius 2 is 1.90 bits per heavy atom. The van der Waals surface area contributed by atoms with Gasteiger partial charge in [0.2, 0.25) is 0 Å². The normalized spacial score (nSPS) is 11.8. The first-order valence-corrected chi connectivity index (χ1v) is 8.23. The van der Waals surface area contributed by atoms with Gasteiger partial charge in [0.25, 0.3) is 10.0 Å². The molecule has 2 aromatic heterocycles. The first-order valence-electron chi connectivity index (χ1n) is 5.83. The lowest BCUT2D eigenvalue weighted by Gasteiger charge is -2.05. The molecule has 2 heterocycles. The number of fused-ring (bicyclic) bond motifs is 1. The van der Waals surface area contributed by atoms with E-state index in [1.54, 1.807) is 18.2 Å². The van der Waals surface area contributed by atoms with E-state index in [4.69, 9.17) is 0 Å². The number of benzene rings is 1. The van der Waals surface area contributed by atoms with E-state index in [0.717, 1.165) is 15.0 Å². The maximum Gasteiger partial charge on any atom is 0.258 e. The molecule has 0 amide bonds. The number of hydrogen-bond donors (Lipinski definition) is 0. The van der Waals surface area contributed by atoms with Crippen LogP contribution >= 0.6 is 15.9 Å². The lowest BCUT2D eigenvalue weighted by atomic mass is 10.2. The van der Waals surface area contributed by atoms with Gasteiger partial charge in [-0.15, -0.1) is 0 Å². The van der Waals surface area contributed by atoms with Gasteiger partial charge in [-0.1, -0.05) is 30.3 Å². The smallest absolute Gasteiger partial charge is 0.247 e. The Labute approximate surface area is 124 Å². The van der Waals surface area contributed by atoms with Gasteiger partial charge in [-0.05, 0) is 27.6 Å². The Bertz CT molecular complexity index is 860. The molecular weight excluding hydrogens is 342 g/mol. The van der Waals surface area contributed by atoms with Crippen molar-refractivity contribution in [2.75, 3.05) is 0 Å². The van der Waals surface area contributed by atoms with Gasteiger partial charge in [-0.25, -0.2) is 13.4 Å². The van der Waals surface area contributed by atoms with Gasteiger partial charge in [0, 0.05) is 5.39 Å². The molecule has 0 aliphatic heterocycles. The van der Waals surface area contributed by atoms with E-state index in [9.17, 15) is 8.42 Å². The van der Waals surface area contributed by atoms with E-state index in [2.05, 4.69) is 26.0 Å². The Hall–Kier alpha value is -1.73. The molecule has 0 bridgehead atoms. The third kappa shape index (κ3) is 2.46. The number of rotatable bonds is 3. The molecule has 0 aliphatic rings. The minimum atomic E-state index is -3.56. The SMILES string of the molecule is O=S(=O)(Cc1ccccc1)n1ncc2cc(Br)ncc21. The fourth-order valence-corrected chi connectivity index (χ4v) is 3.67. The molecule has 0 atom stereocenters. The quantitative estimate of drug-likeness (QED) is 0.680. The molecule has 0 spiro atoms. The zero-order valence-electron chi connectivity index (χ0n) is 10.3. The minimum absolute atomic E-state index is 0.0965. The third-order valence-electron chi connectivity index (χ3n) is 2.84. The van der Waals surface area contributed by atoms with E-state index in [-0.39, 0.29) is 5.75 Å². The summed E-state index contributed by atoms with van der Waals surface area (Å²) in [6, 6.07) is 10.8. The Balaban J connectivity index is 2.06. The predicted octanol–water partition coefficient (Wildman–Crippen LogP) is 2.57. The molecule has 1 aromatic carbocycles. The maximum absolute atomic E-state index is 12.4. The van der Waals surface area contributed by atoms with Crippen LogP contribution in [0.5, 0.6) is 0 Å². The van der Waals surface area contributed by atoms with Crippen molar-refractivity contribution in [1.82, 2.24) is 14.2 Å². The first-order chi connectivity index (χ1) is 9.56. The van der Waals surface area contributed by atoms with Crippen LogP contribution in [0, 0.1) is 0 Å². The highest BCUT2D eigenvalue weighted by Crippen LogP contribution is 2.19. The van der Waals surface area contributed by atoms with Crippen molar-refractivity contribution in [3.63, 3.8) is 0 Å². The number of aromatic nitrogens is 3. The molecule has 0 saturated heterocycles. The molecule has 102 valence electrons. The standard InChI is InChI=1S/C13H10BrN3O2S/c14-13-6-11-7-16-17(12(11)8-15-13)20(18,19)9-10-4-2-1-3-5-10/h1-8H,9H2. The average molecular weight is 352 g/mol. The van der Waals surface area contributed by atoms with Crippen molar-refractivity contribution < 1.29 is 8.42 Å². The van der Waals surface area contributed by atoms with Gasteiger partial charge in [0.15, 0.2) is 0 Å². The van der Waals surface area contributed by atoms with Crippen LogP contribution in [0.25, 0.3) is 10.9 Å². The van der Waals surface area contributed by atoms with E-state index in [1.807, 2.05) is 18.2 Å². The topological polar surface area (TPSA) is 64.8 Å². The molecule has 0 saturated carbocycles. The van der Waals surface area contributed by atoms with Crippen LogP contribution in [-0.2, 0) is 15.8 Å². The molecule has 7 heteroatoms. The van der Waals surface area contributed by atoms with Crippen LogP contribution < -0.4 is 0 Å². The third-order valence-corrected chi connectivity index (χ3v) is 4.79. The molecule has 0 aliphatic carbocycles. The highest BCUT2D eigenvalue weighted by atomic mass is 79.9. The van der Waals surface area contributed by atoms with Gasteiger partial charge in [-0.2, -0.15) is 9.19 Å². The van der Waals surface area contributed by atoms with Crippen LogP contribution in [-0.4, -0.2) is 22.6 Å². The van der Waals surface area contributed by atoms with Crippen LogP contribution in [0.3, 0.4) is 0 Å². The number of nitrogens with zero attached hydrogens (tertiary/aromatic N) is 3. The summed E-state index contributed by atoms with van der Waals surface area (Å²) in [4.78, 5) is 4.05. The van der Waals surface area contributed by atoms with Gasteiger partial charge in [0.1, 0.15) is 10.1 Å². The highest BCUT2D eigenvalue weighted by molar-refractivity contribution is 9.10. The Morgan fingerprint density at radius 3 is 2.65 bits per heavy atom. The zero-order chi connectivity index (χ0) is 14.2. The average Bonchev–Trinajstić information content (AvgIpc) is 2.83. The zero-order valence-corrected chi connectivity index (χ0v) is 12.7. The molecule has 0 radical (unpaired) electrons. The van der Waals surface area contributed by atoms with Crippen molar-refractivity contribution in [2.24, 2.45) is 0 Å². The first kappa shape index (κ1) is 13.3. The largest absolute Gasteiger partial charge is 0.258 e. The van der Waals surface area contributed by atoms with Crippen molar-refractivity contribution in [2.45, 2.75) is 5.75 Å². The summed E-state index contributed by atoms with van der Waals surface area (Å²) in [7, 11) is -3.56. The molecule has 0 N–H and O–H groups in total. The second-order valence-corrected chi connectivity index (χ2v) is 6.91. The van der Waals surface area contributed by atoms with Crippen LogP contribution in [0.4, 0.5) is 0 Å². The molecule has 0 fully saturated rings. The van der Waals surface area contributed by atoms with Gasteiger partial charge in [-0.3, -0.25) is 0 Å². The van der Waals surface area contributed by atoms with E-state index >= 15 is 0 Å². The summed E-state index contributed by atoms with van der Waals surface area (Å²) >= 11 is 3.25. The number of pyridine rings is 1. The summed E-state index contributed by atoms with van der Waals surface area (Å²) in [5.41, 5.74) is 1.20. The Morgan fingerprint density at radius 1 is 1.15 bits per heavy atom. The summed E-state index contributed by atoms with van der Waals surface area (Å²) < 4.78 is 26.5. The van der Waals surface area contributed by atoms with Crippen molar-refractivity contribution in [3.05, 3.63) is 59.0 Å². The number of halogens is 1. The highest BCUT2D eigenvalue weighted by Gasteiger charge is 2.18. The molecule has 0 unspecified atom stereocenters. The second-order valence-electron chi connectivity index (χ2n) is 4.30. The fourth-order valence-electron chi connectivity index (χ4n) is 1.94. The summed E-state index contributed by atoms with van der Waals surface area (Å²) in [5, 5.41) is 4.70. The van der Waals surface area contributed by atoms with Crippen LogP contribution in [0.2, 0.25) is 0 Å². The molecule has 3 aromatic rings. The number of hydrogen-bond acceptors (Lipinski definition) is 4. The van der Waals surface area contributed by atoms with Crippen molar-refractivity contribution >= 4 is 36.9 Å². The van der Waals surface area contributed by atoms with E-state index in [0.29, 0.717) is 10.1 Å². The fraction of sp³-hybridized carbons (Fsp3) is 0.0769. The van der Waals surface area contributed by atoms with Crippen molar-refractivity contribution in [1.29, 1.82) is 0 Å². The summed E-state index contributed by atoms with van der Waals surface area (Å²) in [6.07, 6.45) is 3.01. The van der Waals surface area contributed by atoms with Gasteiger partial charge >= 0.3 is 0 Å². The van der Waals surface area contributed by atoms with E-state index in [1.165, 1.54) is 12.4 Å². The molecule has 5 nitrogen and oxygen atoms in total. The lowest BCUT2D eigenvalue weighted by molar-refractivity contribution is 0.581. The monoisotopic (exact) mass is 351 g/mol. The van der Waals surface area contributed by atoms with Gasteiger partial charge in [0.05, 0.1) is 18.1 Å². The maximum atomic E-state index is 12.4. The van der Waals surface area contributed by atoms with Gasteiger partial charge < -0.3 is 0 Å². The van der Waals surface area contributed by atoms with Crippen molar-refractivity contribution in [3.8, 4) is 0 Å². The van der Waals surface area contributed by atoms with Crippen LogP contribution in [0.1, 0.15) is 5.56 Å². The van der Waals surface area contributed by atoms with E-state index < -0.39 is 10.0 Å². The molecule has 3 rings (SSSR count). The lowest BCUT2D eigenvalue weighted by Crippen LogP contribution is -2.16. The predicted molar refractivity (Wildman–Crippen MR) is 79.7 cm³/mol. The Kier molecular flexibility index (Phi) is 3.31. The minimum Gasteiger partial charge on any atom is -0.247 e.